The third-order valence-corrected chi connectivity index (χ3v) is 3.38. The Morgan fingerprint density at radius 1 is 1.15 bits per heavy atom. The molecule has 1 amide bonds. The van der Waals surface area contributed by atoms with Crippen LogP contribution >= 0.6 is 0 Å². The Bertz CT molecular complexity index is 419. The molecule has 0 fully saturated rings. The number of benzene rings is 1. The molecule has 0 bridgehead atoms. The number of nitrogens with one attached hydrogen (secondary N) is 2. The van der Waals surface area contributed by atoms with Gasteiger partial charge in [0.25, 0.3) is 0 Å². The van der Waals surface area contributed by atoms with E-state index in [1.807, 2.05) is 27.7 Å². The summed E-state index contributed by atoms with van der Waals surface area (Å²) >= 11 is 0. The second-order valence-electron chi connectivity index (χ2n) is 5.44. The van der Waals surface area contributed by atoms with Gasteiger partial charge in [-0.15, -0.1) is 0 Å². The van der Waals surface area contributed by atoms with Crippen molar-refractivity contribution in [2.75, 3.05) is 0 Å². The molecule has 0 heterocycles. The molecular weight excluding hydrogens is 255 g/mol. The van der Waals surface area contributed by atoms with E-state index in [2.05, 4.69) is 10.6 Å². The van der Waals surface area contributed by atoms with E-state index in [4.69, 9.17) is 0 Å². The molecule has 112 valence electrons. The van der Waals surface area contributed by atoms with E-state index in [1.54, 1.807) is 12.1 Å². The van der Waals surface area contributed by atoms with Crippen LogP contribution in [0.5, 0.6) is 0 Å². The van der Waals surface area contributed by atoms with Crippen molar-refractivity contribution in [2.24, 2.45) is 0 Å². The van der Waals surface area contributed by atoms with Gasteiger partial charge in [0.05, 0.1) is 6.04 Å². The summed E-state index contributed by atoms with van der Waals surface area (Å²) < 4.78 is 12.8. The quantitative estimate of drug-likeness (QED) is 0.806. The first-order chi connectivity index (χ1) is 9.42. The summed E-state index contributed by atoms with van der Waals surface area (Å²) in [5.74, 6) is -0.207. The minimum Gasteiger partial charge on any atom is -0.352 e. The summed E-state index contributed by atoms with van der Waals surface area (Å²) in [6, 6.07) is 6.58. The summed E-state index contributed by atoms with van der Waals surface area (Å²) in [6.45, 7) is 7.92. The molecule has 4 heteroatoms. The Morgan fingerprint density at radius 3 is 2.30 bits per heavy atom. The molecular formula is C16H25FN2O. The molecule has 0 saturated carbocycles. The first-order valence-corrected chi connectivity index (χ1v) is 7.23. The van der Waals surface area contributed by atoms with E-state index in [0.717, 1.165) is 18.4 Å². The molecule has 3 unspecified atom stereocenters. The number of hydrogen-bond acceptors (Lipinski definition) is 2. The van der Waals surface area contributed by atoms with Crippen molar-refractivity contribution < 1.29 is 9.18 Å². The first-order valence-electron chi connectivity index (χ1n) is 7.23. The number of carbonyl (C=O) groups is 1. The lowest BCUT2D eigenvalue weighted by molar-refractivity contribution is -0.123. The molecule has 3 nitrogen and oxygen atoms in total. The zero-order valence-corrected chi connectivity index (χ0v) is 12.7. The summed E-state index contributed by atoms with van der Waals surface area (Å²) in [4.78, 5) is 11.9. The van der Waals surface area contributed by atoms with Gasteiger partial charge in [0.15, 0.2) is 0 Å². The zero-order valence-electron chi connectivity index (χ0n) is 12.7. The van der Waals surface area contributed by atoms with Crippen molar-refractivity contribution in [1.29, 1.82) is 0 Å². The van der Waals surface area contributed by atoms with Crippen LogP contribution in [-0.2, 0) is 11.2 Å². The van der Waals surface area contributed by atoms with Gasteiger partial charge in [-0.3, -0.25) is 4.79 Å². The molecule has 0 aromatic heterocycles. The highest BCUT2D eigenvalue weighted by atomic mass is 19.1. The molecule has 0 saturated heterocycles. The van der Waals surface area contributed by atoms with Crippen LogP contribution < -0.4 is 10.6 Å². The van der Waals surface area contributed by atoms with E-state index in [0.29, 0.717) is 0 Å². The number of hydrogen-bond donors (Lipinski definition) is 2. The molecule has 3 atom stereocenters. The average Bonchev–Trinajstić information content (AvgIpc) is 2.41. The van der Waals surface area contributed by atoms with Gasteiger partial charge in [0.2, 0.25) is 5.91 Å². The minimum atomic E-state index is -0.237. The molecule has 0 aliphatic rings. The van der Waals surface area contributed by atoms with E-state index in [9.17, 15) is 9.18 Å². The lowest BCUT2D eigenvalue weighted by atomic mass is 10.1. The van der Waals surface area contributed by atoms with Gasteiger partial charge in [-0.1, -0.05) is 19.1 Å². The van der Waals surface area contributed by atoms with Crippen molar-refractivity contribution >= 4 is 5.91 Å². The smallest absolute Gasteiger partial charge is 0.237 e. The fourth-order valence-electron chi connectivity index (χ4n) is 2.01. The molecule has 1 rings (SSSR count). The highest BCUT2D eigenvalue weighted by Crippen LogP contribution is 2.06. The third-order valence-electron chi connectivity index (χ3n) is 3.38. The minimum absolute atomic E-state index is 0.0188. The fraction of sp³-hybridized carbons (Fsp3) is 0.562. The number of halogens is 1. The molecule has 0 spiro atoms. The zero-order chi connectivity index (χ0) is 15.1. The Balaban J connectivity index is 2.43. The normalized spacial score (nSPS) is 15.4. The van der Waals surface area contributed by atoms with E-state index >= 15 is 0 Å². The lowest BCUT2D eigenvalue weighted by Crippen LogP contribution is -2.48. The van der Waals surface area contributed by atoms with Crippen molar-refractivity contribution in [3.63, 3.8) is 0 Å². The topological polar surface area (TPSA) is 41.1 Å². The molecule has 0 aliphatic heterocycles. The summed E-state index contributed by atoms with van der Waals surface area (Å²) in [5, 5.41) is 6.22. The maximum absolute atomic E-state index is 12.8. The van der Waals surface area contributed by atoms with Crippen LogP contribution in [0.4, 0.5) is 4.39 Å². The maximum Gasteiger partial charge on any atom is 0.237 e. The van der Waals surface area contributed by atoms with Gasteiger partial charge in [-0.25, -0.2) is 4.39 Å². The Morgan fingerprint density at radius 2 is 1.75 bits per heavy atom. The summed E-state index contributed by atoms with van der Waals surface area (Å²) in [7, 11) is 0. The standard InChI is InChI=1S/C16H25FN2O/c1-5-11(2)19-16(20)13(4)18-12(3)10-14-6-8-15(17)9-7-14/h6-9,11-13,18H,5,10H2,1-4H3,(H,19,20). The van der Waals surface area contributed by atoms with E-state index in [1.165, 1.54) is 12.1 Å². The molecule has 1 aromatic carbocycles. The van der Waals surface area contributed by atoms with Gasteiger partial charge in [-0.2, -0.15) is 0 Å². The van der Waals surface area contributed by atoms with Crippen molar-refractivity contribution in [3.05, 3.63) is 35.6 Å². The van der Waals surface area contributed by atoms with Crippen molar-refractivity contribution in [2.45, 2.75) is 58.7 Å². The molecule has 0 aliphatic carbocycles. The van der Waals surface area contributed by atoms with Gasteiger partial charge in [0, 0.05) is 12.1 Å². The maximum atomic E-state index is 12.8. The molecule has 20 heavy (non-hydrogen) atoms. The predicted molar refractivity (Wildman–Crippen MR) is 80.1 cm³/mol. The second-order valence-corrected chi connectivity index (χ2v) is 5.44. The Hall–Kier alpha value is -1.42. The Kier molecular flexibility index (Phi) is 6.65. The largest absolute Gasteiger partial charge is 0.352 e. The average molecular weight is 280 g/mol. The molecule has 0 radical (unpaired) electrons. The van der Waals surface area contributed by atoms with Crippen LogP contribution in [0.2, 0.25) is 0 Å². The van der Waals surface area contributed by atoms with Crippen LogP contribution in [-0.4, -0.2) is 24.0 Å². The lowest BCUT2D eigenvalue weighted by Gasteiger charge is -2.21. The predicted octanol–water partition coefficient (Wildman–Crippen LogP) is 2.65. The van der Waals surface area contributed by atoms with Gasteiger partial charge in [-0.05, 0) is 51.3 Å². The number of carbonyl (C=O) groups excluding carboxylic acids is 1. The Labute approximate surface area is 121 Å². The highest BCUT2D eigenvalue weighted by Gasteiger charge is 2.16. The van der Waals surface area contributed by atoms with Crippen molar-refractivity contribution in [1.82, 2.24) is 10.6 Å². The molecule has 1 aromatic rings. The van der Waals surface area contributed by atoms with Gasteiger partial charge in [0.1, 0.15) is 5.82 Å². The van der Waals surface area contributed by atoms with E-state index in [-0.39, 0.29) is 29.8 Å². The summed E-state index contributed by atoms with van der Waals surface area (Å²) in [5.41, 5.74) is 1.06. The number of amides is 1. The van der Waals surface area contributed by atoms with Crippen LogP contribution in [0.3, 0.4) is 0 Å². The van der Waals surface area contributed by atoms with Crippen LogP contribution in [0.15, 0.2) is 24.3 Å². The third kappa shape index (κ3) is 5.70. The van der Waals surface area contributed by atoms with Gasteiger partial charge < -0.3 is 10.6 Å². The van der Waals surface area contributed by atoms with Crippen molar-refractivity contribution in [3.8, 4) is 0 Å². The first kappa shape index (κ1) is 16.6. The van der Waals surface area contributed by atoms with Gasteiger partial charge >= 0.3 is 0 Å². The van der Waals surface area contributed by atoms with Crippen LogP contribution in [0.25, 0.3) is 0 Å². The fourth-order valence-corrected chi connectivity index (χ4v) is 2.01. The monoisotopic (exact) mass is 280 g/mol. The SMILES string of the molecule is CCC(C)NC(=O)C(C)NC(C)Cc1ccc(F)cc1. The van der Waals surface area contributed by atoms with E-state index < -0.39 is 0 Å². The second kappa shape index (κ2) is 8.00. The van der Waals surface area contributed by atoms with Crippen LogP contribution in [0.1, 0.15) is 39.7 Å². The number of rotatable bonds is 7. The molecule has 2 N–H and O–H groups in total. The highest BCUT2D eigenvalue weighted by molar-refractivity contribution is 5.81. The van der Waals surface area contributed by atoms with Crippen LogP contribution in [0, 0.1) is 5.82 Å². The summed E-state index contributed by atoms with van der Waals surface area (Å²) in [6.07, 6.45) is 1.69.